The number of nitrogens with zero attached hydrogens (tertiary/aromatic N) is 1. The highest BCUT2D eigenvalue weighted by atomic mass is 32.1. The number of hydrogen-bond donors (Lipinski definition) is 0. The molecule has 1 aromatic heterocycles. The van der Waals surface area contributed by atoms with Crippen LogP contribution in [0.2, 0.25) is 0 Å². The van der Waals surface area contributed by atoms with Gasteiger partial charge in [0.25, 0.3) is 0 Å². The second-order valence-corrected chi connectivity index (χ2v) is 6.69. The molecular weight excluding hydrogens is 294 g/mol. The van der Waals surface area contributed by atoms with Crippen LogP contribution in [0.3, 0.4) is 0 Å². The molecule has 0 radical (unpaired) electrons. The van der Waals surface area contributed by atoms with Gasteiger partial charge in [-0.2, -0.15) is 0 Å². The Morgan fingerprint density at radius 1 is 1.41 bits per heavy atom. The fourth-order valence-electron chi connectivity index (χ4n) is 3.10. The SMILES string of the molecule is COc1ccc2c(c1)CCN(C(=O)CCc1cccs1)C2C. The van der Waals surface area contributed by atoms with E-state index < -0.39 is 0 Å². The van der Waals surface area contributed by atoms with Crippen molar-refractivity contribution in [2.45, 2.75) is 32.2 Å². The Balaban J connectivity index is 1.69. The standard InChI is InChI=1S/C18H21NO2S/c1-13-17-7-5-15(21-2)12-14(17)9-10-19(13)18(20)8-6-16-4-3-11-22-16/h3-5,7,11-13H,6,8-10H2,1-2H3. The Labute approximate surface area is 135 Å². The van der Waals surface area contributed by atoms with Crippen molar-refractivity contribution in [2.24, 2.45) is 0 Å². The summed E-state index contributed by atoms with van der Waals surface area (Å²) in [7, 11) is 1.69. The molecule has 3 nitrogen and oxygen atoms in total. The first kappa shape index (κ1) is 15.1. The largest absolute Gasteiger partial charge is 0.497 e. The van der Waals surface area contributed by atoms with E-state index in [9.17, 15) is 4.79 Å². The maximum Gasteiger partial charge on any atom is 0.223 e. The summed E-state index contributed by atoms with van der Waals surface area (Å²) >= 11 is 1.72. The molecule has 0 spiro atoms. The first-order chi connectivity index (χ1) is 10.7. The zero-order valence-electron chi connectivity index (χ0n) is 13.0. The van der Waals surface area contributed by atoms with Gasteiger partial charge in [0, 0.05) is 17.8 Å². The van der Waals surface area contributed by atoms with E-state index in [1.807, 2.05) is 17.0 Å². The number of rotatable bonds is 4. The van der Waals surface area contributed by atoms with E-state index in [1.54, 1.807) is 18.4 Å². The first-order valence-corrected chi connectivity index (χ1v) is 8.55. The zero-order chi connectivity index (χ0) is 15.5. The van der Waals surface area contributed by atoms with Gasteiger partial charge >= 0.3 is 0 Å². The number of hydrogen-bond acceptors (Lipinski definition) is 3. The first-order valence-electron chi connectivity index (χ1n) is 7.67. The van der Waals surface area contributed by atoms with Crippen molar-refractivity contribution in [1.82, 2.24) is 4.90 Å². The van der Waals surface area contributed by atoms with E-state index in [0.29, 0.717) is 6.42 Å². The number of aryl methyl sites for hydroxylation is 1. The molecule has 2 aromatic rings. The molecule has 1 aliphatic heterocycles. The molecule has 116 valence electrons. The number of methoxy groups -OCH3 is 1. The average molecular weight is 315 g/mol. The lowest BCUT2D eigenvalue weighted by molar-refractivity contribution is -0.133. The summed E-state index contributed by atoms with van der Waals surface area (Å²) in [5, 5.41) is 2.06. The maximum absolute atomic E-state index is 12.5. The molecule has 1 aromatic carbocycles. The Hall–Kier alpha value is -1.81. The van der Waals surface area contributed by atoms with Crippen molar-refractivity contribution < 1.29 is 9.53 Å². The second kappa shape index (κ2) is 6.53. The van der Waals surface area contributed by atoms with Gasteiger partial charge in [0.15, 0.2) is 0 Å². The average Bonchev–Trinajstić information content (AvgIpc) is 3.06. The Morgan fingerprint density at radius 2 is 2.27 bits per heavy atom. The molecule has 4 heteroatoms. The summed E-state index contributed by atoms with van der Waals surface area (Å²) in [5.74, 6) is 1.14. The number of carbonyl (C=O) groups excluding carboxylic acids is 1. The van der Waals surface area contributed by atoms with E-state index in [1.165, 1.54) is 16.0 Å². The summed E-state index contributed by atoms with van der Waals surface area (Å²) < 4.78 is 5.29. The van der Waals surface area contributed by atoms with E-state index >= 15 is 0 Å². The number of amides is 1. The van der Waals surface area contributed by atoms with Crippen LogP contribution < -0.4 is 4.74 Å². The third-order valence-corrected chi connectivity index (χ3v) is 5.31. The molecule has 1 atom stereocenters. The number of benzene rings is 1. The minimum atomic E-state index is 0.144. The lowest BCUT2D eigenvalue weighted by Gasteiger charge is -2.35. The van der Waals surface area contributed by atoms with Gasteiger partial charge in [-0.05, 0) is 54.5 Å². The smallest absolute Gasteiger partial charge is 0.223 e. The van der Waals surface area contributed by atoms with Crippen LogP contribution in [0.5, 0.6) is 5.75 Å². The van der Waals surface area contributed by atoms with Crippen LogP contribution in [-0.2, 0) is 17.6 Å². The summed E-state index contributed by atoms with van der Waals surface area (Å²) in [6, 6.07) is 10.5. The van der Waals surface area contributed by atoms with Crippen molar-refractivity contribution in [3.63, 3.8) is 0 Å². The van der Waals surface area contributed by atoms with E-state index in [0.717, 1.165) is 25.1 Å². The predicted octanol–water partition coefficient (Wildman–Crippen LogP) is 3.84. The van der Waals surface area contributed by atoms with Crippen LogP contribution in [0.4, 0.5) is 0 Å². The Morgan fingerprint density at radius 3 is 3.00 bits per heavy atom. The van der Waals surface area contributed by atoms with Gasteiger partial charge in [0.05, 0.1) is 13.2 Å². The summed E-state index contributed by atoms with van der Waals surface area (Å²) in [4.78, 5) is 15.8. The highest BCUT2D eigenvalue weighted by Crippen LogP contribution is 2.32. The molecule has 1 amide bonds. The summed E-state index contributed by atoms with van der Waals surface area (Å²) in [6.07, 6.45) is 2.34. The van der Waals surface area contributed by atoms with Crippen LogP contribution in [0.25, 0.3) is 0 Å². The van der Waals surface area contributed by atoms with Gasteiger partial charge in [-0.15, -0.1) is 11.3 Å². The molecule has 1 aliphatic rings. The fraction of sp³-hybridized carbons (Fsp3) is 0.389. The van der Waals surface area contributed by atoms with E-state index in [-0.39, 0.29) is 11.9 Å². The van der Waals surface area contributed by atoms with Gasteiger partial charge in [0.1, 0.15) is 5.75 Å². The van der Waals surface area contributed by atoms with E-state index in [2.05, 4.69) is 30.5 Å². The van der Waals surface area contributed by atoms with Gasteiger partial charge < -0.3 is 9.64 Å². The highest BCUT2D eigenvalue weighted by Gasteiger charge is 2.27. The Kier molecular flexibility index (Phi) is 4.48. The van der Waals surface area contributed by atoms with Crippen LogP contribution >= 0.6 is 11.3 Å². The predicted molar refractivity (Wildman–Crippen MR) is 89.5 cm³/mol. The molecule has 3 rings (SSSR count). The monoisotopic (exact) mass is 315 g/mol. The molecule has 22 heavy (non-hydrogen) atoms. The third-order valence-electron chi connectivity index (χ3n) is 4.38. The van der Waals surface area contributed by atoms with Crippen LogP contribution in [-0.4, -0.2) is 24.5 Å². The molecule has 0 saturated carbocycles. The van der Waals surface area contributed by atoms with Gasteiger partial charge in [-0.25, -0.2) is 0 Å². The number of carbonyl (C=O) groups is 1. The van der Waals surface area contributed by atoms with Gasteiger partial charge in [-0.3, -0.25) is 4.79 Å². The molecule has 0 aliphatic carbocycles. The van der Waals surface area contributed by atoms with Crippen LogP contribution in [0.15, 0.2) is 35.7 Å². The van der Waals surface area contributed by atoms with Crippen LogP contribution in [0.1, 0.15) is 35.4 Å². The number of thiophene rings is 1. The second-order valence-electron chi connectivity index (χ2n) is 5.66. The minimum Gasteiger partial charge on any atom is -0.497 e. The summed E-state index contributed by atoms with van der Waals surface area (Å²) in [6.45, 7) is 2.91. The molecule has 0 saturated heterocycles. The normalized spacial score (nSPS) is 17.2. The zero-order valence-corrected chi connectivity index (χ0v) is 13.9. The fourth-order valence-corrected chi connectivity index (χ4v) is 3.81. The van der Waals surface area contributed by atoms with E-state index in [4.69, 9.17) is 4.74 Å². The summed E-state index contributed by atoms with van der Waals surface area (Å²) in [5.41, 5.74) is 2.55. The van der Waals surface area contributed by atoms with Gasteiger partial charge in [0.2, 0.25) is 5.91 Å². The molecule has 2 heterocycles. The minimum absolute atomic E-state index is 0.144. The lowest BCUT2D eigenvalue weighted by atomic mass is 9.93. The molecule has 0 bridgehead atoms. The topological polar surface area (TPSA) is 29.5 Å². The van der Waals surface area contributed by atoms with Crippen molar-refractivity contribution in [3.8, 4) is 5.75 Å². The quantitative estimate of drug-likeness (QED) is 0.858. The van der Waals surface area contributed by atoms with Crippen molar-refractivity contribution in [1.29, 1.82) is 0 Å². The highest BCUT2D eigenvalue weighted by molar-refractivity contribution is 7.09. The number of fused-ring (bicyclic) bond motifs is 1. The Bertz CT molecular complexity index is 651. The molecule has 0 N–H and O–H groups in total. The molecule has 0 fully saturated rings. The van der Waals surface area contributed by atoms with Crippen molar-refractivity contribution in [3.05, 3.63) is 51.7 Å². The number of ether oxygens (including phenoxy) is 1. The molecule has 1 unspecified atom stereocenters. The lowest BCUT2D eigenvalue weighted by Crippen LogP contribution is -2.38. The van der Waals surface area contributed by atoms with Crippen molar-refractivity contribution in [2.75, 3.05) is 13.7 Å². The maximum atomic E-state index is 12.5. The molecular formula is C18H21NO2S. The van der Waals surface area contributed by atoms with Crippen molar-refractivity contribution >= 4 is 17.2 Å². The van der Waals surface area contributed by atoms with Gasteiger partial charge in [-0.1, -0.05) is 12.1 Å². The third kappa shape index (κ3) is 3.02. The van der Waals surface area contributed by atoms with Crippen LogP contribution in [0, 0.1) is 0 Å².